The molecule has 0 saturated carbocycles. The van der Waals surface area contributed by atoms with Gasteiger partial charge in [-0.2, -0.15) is 0 Å². The smallest absolute Gasteiger partial charge is 0.261 e. The molecule has 4 aromatic rings. The van der Waals surface area contributed by atoms with E-state index in [4.69, 9.17) is 4.43 Å². The van der Waals surface area contributed by atoms with Crippen molar-refractivity contribution in [2.45, 2.75) is 64.6 Å². The number of aromatic nitrogens is 1. The fourth-order valence-electron chi connectivity index (χ4n) is 5.30. The molecular weight excluding hydrogens is 465 g/mol. The van der Waals surface area contributed by atoms with Gasteiger partial charge in [-0.25, -0.2) is 4.39 Å². The van der Waals surface area contributed by atoms with E-state index in [-0.39, 0.29) is 28.4 Å². The number of benzene rings is 3. The number of hydrogen-bond acceptors (Lipinski definition) is 2. The van der Waals surface area contributed by atoms with Crippen LogP contribution >= 0.6 is 0 Å². The summed E-state index contributed by atoms with van der Waals surface area (Å²) < 4.78 is 23.2. The van der Waals surface area contributed by atoms with Crippen LogP contribution in [0, 0.1) is 5.82 Å². The SMILES string of the molecule is CC(CCC(C)n1ccc(=O)c2ccc(F)cc21)O[Si](c1ccccc1)(c1ccccc1)C(C)(C)C. The number of rotatable bonds is 8. The van der Waals surface area contributed by atoms with Gasteiger partial charge in [-0.05, 0) is 60.3 Å². The second kappa shape index (κ2) is 10.5. The molecule has 0 aliphatic heterocycles. The van der Waals surface area contributed by atoms with Crippen molar-refractivity contribution < 1.29 is 8.82 Å². The summed E-state index contributed by atoms with van der Waals surface area (Å²) in [5, 5.41) is 3.00. The van der Waals surface area contributed by atoms with Crippen LogP contribution < -0.4 is 15.8 Å². The Labute approximate surface area is 214 Å². The monoisotopic (exact) mass is 501 g/mol. The second-order valence-corrected chi connectivity index (χ2v) is 15.0. The van der Waals surface area contributed by atoms with Crippen molar-refractivity contribution in [2.24, 2.45) is 0 Å². The zero-order chi connectivity index (χ0) is 25.9. The molecule has 0 fully saturated rings. The van der Waals surface area contributed by atoms with Crippen molar-refractivity contribution in [3.8, 4) is 0 Å². The summed E-state index contributed by atoms with van der Waals surface area (Å²) in [4.78, 5) is 12.3. The number of pyridine rings is 1. The average molecular weight is 502 g/mol. The van der Waals surface area contributed by atoms with E-state index in [0.29, 0.717) is 10.9 Å². The summed E-state index contributed by atoms with van der Waals surface area (Å²) in [5.41, 5.74) is 0.549. The zero-order valence-corrected chi connectivity index (χ0v) is 22.9. The molecule has 3 nitrogen and oxygen atoms in total. The van der Waals surface area contributed by atoms with Gasteiger partial charge in [-0.3, -0.25) is 4.79 Å². The van der Waals surface area contributed by atoms with E-state index >= 15 is 0 Å². The summed E-state index contributed by atoms with van der Waals surface area (Å²) in [6.45, 7) is 11.1. The van der Waals surface area contributed by atoms with Crippen molar-refractivity contribution >= 4 is 29.6 Å². The first-order valence-corrected chi connectivity index (χ1v) is 14.6. The topological polar surface area (TPSA) is 31.2 Å². The van der Waals surface area contributed by atoms with Crippen LogP contribution in [-0.4, -0.2) is 19.0 Å². The van der Waals surface area contributed by atoms with E-state index < -0.39 is 8.32 Å². The number of nitrogens with zero attached hydrogens (tertiary/aromatic N) is 1. The molecule has 0 aliphatic carbocycles. The number of hydrogen-bond donors (Lipinski definition) is 0. The fourth-order valence-corrected chi connectivity index (χ4v) is 10.0. The van der Waals surface area contributed by atoms with Gasteiger partial charge in [0.15, 0.2) is 5.43 Å². The molecular formula is C31H36FNO2Si. The third-order valence-corrected chi connectivity index (χ3v) is 12.3. The van der Waals surface area contributed by atoms with Gasteiger partial charge in [0, 0.05) is 29.8 Å². The van der Waals surface area contributed by atoms with Crippen LogP contribution in [0.4, 0.5) is 4.39 Å². The Hall–Kier alpha value is -3.02. The molecule has 2 atom stereocenters. The first kappa shape index (κ1) is 26.1. The highest BCUT2D eigenvalue weighted by molar-refractivity contribution is 6.99. The summed E-state index contributed by atoms with van der Waals surface area (Å²) in [6.07, 6.45) is 3.48. The van der Waals surface area contributed by atoms with Gasteiger partial charge in [-0.15, -0.1) is 0 Å². The minimum absolute atomic E-state index is 0.0149. The van der Waals surface area contributed by atoms with Gasteiger partial charge in [0.05, 0.1) is 5.52 Å². The first-order valence-electron chi connectivity index (χ1n) is 12.7. The lowest BCUT2D eigenvalue weighted by molar-refractivity contribution is 0.187. The van der Waals surface area contributed by atoms with Gasteiger partial charge in [0.2, 0.25) is 0 Å². The maximum Gasteiger partial charge on any atom is 0.261 e. The largest absolute Gasteiger partial charge is 0.405 e. The zero-order valence-electron chi connectivity index (χ0n) is 21.9. The molecule has 0 radical (unpaired) electrons. The standard InChI is InChI=1S/C31H36FNO2Si/c1-23(33-21-20-30(34)28-19-18-25(32)22-29(28)33)16-17-24(2)35-36(31(3,4)5,26-12-8-6-9-13-26)27-14-10-7-11-15-27/h6-15,18-24H,16-17H2,1-5H3. The van der Waals surface area contributed by atoms with Crippen LogP contribution in [0.5, 0.6) is 0 Å². The Balaban J connectivity index is 1.63. The van der Waals surface area contributed by atoms with Crippen LogP contribution in [0.1, 0.15) is 53.5 Å². The van der Waals surface area contributed by atoms with Gasteiger partial charge >= 0.3 is 0 Å². The molecule has 0 spiro atoms. The molecule has 4 rings (SSSR count). The van der Waals surface area contributed by atoms with Gasteiger partial charge in [-0.1, -0.05) is 81.4 Å². The Morgan fingerprint density at radius 3 is 2.00 bits per heavy atom. The summed E-state index contributed by atoms with van der Waals surface area (Å²) in [6, 6.07) is 27.4. The van der Waals surface area contributed by atoms with Crippen molar-refractivity contribution in [3.05, 3.63) is 107 Å². The van der Waals surface area contributed by atoms with E-state index in [0.717, 1.165) is 12.8 Å². The van der Waals surface area contributed by atoms with E-state index in [1.54, 1.807) is 18.3 Å². The third kappa shape index (κ3) is 5.09. The van der Waals surface area contributed by atoms with Crippen LogP contribution in [0.2, 0.25) is 5.04 Å². The Bertz CT molecular complexity index is 1320. The number of fused-ring (bicyclic) bond motifs is 1. The molecule has 0 saturated heterocycles. The lowest BCUT2D eigenvalue weighted by Crippen LogP contribution is -2.67. The fraction of sp³-hybridized carbons (Fsp3) is 0.323. The van der Waals surface area contributed by atoms with E-state index in [2.05, 4.69) is 95.3 Å². The van der Waals surface area contributed by atoms with Crippen molar-refractivity contribution in [1.29, 1.82) is 0 Å². The molecule has 0 amide bonds. The minimum Gasteiger partial charge on any atom is -0.405 e. The summed E-state index contributed by atoms with van der Waals surface area (Å²) >= 11 is 0. The average Bonchev–Trinajstić information content (AvgIpc) is 2.86. The highest BCUT2D eigenvalue weighted by atomic mass is 28.4. The van der Waals surface area contributed by atoms with Gasteiger partial charge < -0.3 is 8.99 Å². The van der Waals surface area contributed by atoms with Crippen molar-refractivity contribution in [1.82, 2.24) is 4.57 Å². The molecule has 0 aliphatic rings. The molecule has 1 aromatic heterocycles. The lowest BCUT2D eigenvalue weighted by Gasteiger charge is -2.44. The van der Waals surface area contributed by atoms with Crippen LogP contribution in [0.15, 0.2) is 95.9 Å². The maximum atomic E-state index is 14.0. The molecule has 0 bridgehead atoms. The Morgan fingerprint density at radius 2 is 1.44 bits per heavy atom. The molecule has 188 valence electrons. The minimum atomic E-state index is -2.62. The highest BCUT2D eigenvalue weighted by Gasteiger charge is 2.50. The van der Waals surface area contributed by atoms with Crippen LogP contribution in [0.25, 0.3) is 10.9 Å². The first-order chi connectivity index (χ1) is 17.1. The van der Waals surface area contributed by atoms with Gasteiger partial charge in [0.25, 0.3) is 8.32 Å². The highest BCUT2D eigenvalue weighted by Crippen LogP contribution is 2.38. The summed E-state index contributed by atoms with van der Waals surface area (Å²) in [5.74, 6) is -0.336. The van der Waals surface area contributed by atoms with Crippen LogP contribution in [-0.2, 0) is 4.43 Å². The summed E-state index contributed by atoms with van der Waals surface area (Å²) in [7, 11) is -2.62. The molecule has 2 unspecified atom stereocenters. The Morgan fingerprint density at radius 1 is 0.861 bits per heavy atom. The molecule has 3 aromatic carbocycles. The molecule has 0 N–H and O–H groups in total. The Kier molecular flexibility index (Phi) is 7.62. The van der Waals surface area contributed by atoms with Crippen molar-refractivity contribution in [2.75, 3.05) is 0 Å². The molecule has 5 heteroatoms. The molecule has 1 heterocycles. The lowest BCUT2D eigenvalue weighted by atomic mass is 10.1. The van der Waals surface area contributed by atoms with Gasteiger partial charge in [0.1, 0.15) is 5.82 Å². The van der Waals surface area contributed by atoms with Crippen molar-refractivity contribution in [3.63, 3.8) is 0 Å². The molecule has 36 heavy (non-hydrogen) atoms. The van der Waals surface area contributed by atoms with E-state index in [1.165, 1.54) is 22.5 Å². The maximum absolute atomic E-state index is 14.0. The third-order valence-electron chi connectivity index (χ3n) is 7.15. The quantitative estimate of drug-likeness (QED) is 0.260. The predicted octanol–water partition coefficient (Wildman–Crippen LogP) is 6.45. The van der Waals surface area contributed by atoms with Crippen LogP contribution in [0.3, 0.4) is 0 Å². The number of halogens is 1. The van der Waals surface area contributed by atoms with E-state index in [9.17, 15) is 9.18 Å². The van der Waals surface area contributed by atoms with E-state index in [1.807, 2.05) is 4.57 Å². The normalized spacial score (nSPS) is 14.1. The second-order valence-electron chi connectivity index (χ2n) is 10.8. The predicted molar refractivity (Wildman–Crippen MR) is 150 cm³/mol.